The van der Waals surface area contributed by atoms with Crippen molar-refractivity contribution in [2.75, 3.05) is 32.1 Å². The van der Waals surface area contributed by atoms with Gasteiger partial charge in [-0.1, -0.05) is 12.1 Å². The summed E-state index contributed by atoms with van der Waals surface area (Å²) in [4.78, 5) is 22.4. The molecule has 0 aliphatic heterocycles. The number of benzene rings is 2. The number of ether oxygens (including phenoxy) is 2. The molecule has 0 heterocycles. The Kier molecular flexibility index (Phi) is 8.63. The second-order valence-corrected chi connectivity index (χ2v) is 7.94. The molecular formula is C22H30N4O5. The first-order valence-corrected chi connectivity index (χ1v) is 9.98. The molecule has 0 aliphatic rings. The Morgan fingerprint density at radius 2 is 1.81 bits per heavy atom. The predicted octanol–water partition coefficient (Wildman–Crippen LogP) is 3.10. The number of amides is 1. The first kappa shape index (κ1) is 23.9. The Bertz CT molecular complexity index is 878. The molecule has 9 nitrogen and oxygen atoms in total. The predicted molar refractivity (Wildman–Crippen MR) is 120 cm³/mol. The second-order valence-electron chi connectivity index (χ2n) is 7.94. The van der Waals surface area contributed by atoms with E-state index in [1.807, 2.05) is 32.9 Å². The van der Waals surface area contributed by atoms with E-state index in [-0.39, 0.29) is 23.7 Å². The van der Waals surface area contributed by atoms with Crippen LogP contribution in [0.15, 0.2) is 42.5 Å². The molecule has 1 amide bonds. The van der Waals surface area contributed by atoms with Gasteiger partial charge in [-0.25, -0.2) is 0 Å². The van der Waals surface area contributed by atoms with Crippen molar-refractivity contribution in [1.82, 2.24) is 10.6 Å². The van der Waals surface area contributed by atoms with Crippen LogP contribution in [0.2, 0.25) is 0 Å². The topological polar surface area (TPSA) is 115 Å². The molecule has 168 valence electrons. The Labute approximate surface area is 182 Å². The Morgan fingerprint density at radius 1 is 1.10 bits per heavy atom. The molecule has 0 saturated heterocycles. The molecule has 0 bridgehead atoms. The lowest BCUT2D eigenvalue weighted by Crippen LogP contribution is -2.43. The van der Waals surface area contributed by atoms with Crippen molar-refractivity contribution < 1.29 is 19.2 Å². The van der Waals surface area contributed by atoms with E-state index in [1.165, 1.54) is 12.1 Å². The van der Waals surface area contributed by atoms with Crippen LogP contribution in [0, 0.1) is 10.1 Å². The van der Waals surface area contributed by atoms with Gasteiger partial charge in [0, 0.05) is 48.6 Å². The number of non-ortho nitro benzene ring substituents is 1. The third kappa shape index (κ3) is 8.13. The quantitative estimate of drug-likeness (QED) is 0.285. The summed E-state index contributed by atoms with van der Waals surface area (Å²) in [7, 11) is 1.56. The van der Waals surface area contributed by atoms with E-state index < -0.39 is 4.92 Å². The summed E-state index contributed by atoms with van der Waals surface area (Å²) < 4.78 is 11.2. The number of nitrogens with one attached hydrogen (secondary N) is 3. The number of nitro groups is 1. The maximum Gasteiger partial charge on any atom is 0.269 e. The fourth-order valence-electron chi connectivity index (χ4n) is 2.84. The molecule has 9 heteroatoms. The van der Waals surface area contributed by atoms with Crippen molar-refractivity contribution in [3.8, 4) is 11.5 Å². The third-order valence-electron chi connectivity index (χ3n) is 4.17. The van der Waals surface area contributed by atoms with Crippen LogP contribution in [0.1, 0.15) is 26.3 Å². The van der Waals surface area contributed by atoms with Crippen LogP contribution >= 0.6 is 0 Å². The summed E-state index contributed by atoms with van der Waals surface area (Å²) in [6, 6.07) is 11.8. The van der Waals surface area contributed by atoms with E-state index in [1.54, 1.807) is 25.3 Å². The molecule has 2 rings (SSSR count). The van der Waals surface area contributed by atoms with E-state index in [4.69, 9.17) is 9.47 Å². The van der Waals surface area contributed by atoms with Crippen LogP contribution in [-0.2, 0) is 11.3 Å². The minimum atomic E-state index is -0.425. The van der Waals surface area contributed by atoms with E-state index in [2.05, 4.69) is 16.0 Å². The van der Waals surface area contributed by atoms with Crippen LogP contribution < -0.4 is 25.4 Å². The van der Waals surface area contributed by atoms with Gasteiger partial charge in [-0.2, -0.15) is 0 Å². The molecule has 0 unspecified atom stereocenters. The Hall–Kier alpha value is -3.33. The molecule has 0 fully saturated rings. The van der Waals surface area contributed by atoms with Crippen molar-refractivity contribution in [3.63, 3.8) is 0 Å². The average Bonchev–Trinajstić information content (AvgIpc) is 2.71. The molecule has 2 aromatic carbocycles. The lowest BCUT2D eigenvalue weighted by atomic mass is 10.1. The second kappa shape index (κ2) is 11.2. The van der Waals surface area contributed by atoms with Crippen LogP contribution in [0.3, 0.4) is 0 Å². The molecule has 31 heavy (non-hydrogen) atoms. The molecule has 0 saturated carbocycles. The summed E-state index contributed by atoms with van der Waals surface area (Å²) in [5, 5.41) is 20.1. The first-order chi connectivity index (χ1) is 14.7. The maximum atomic E-state index is 12.1. The minimum absolute atomic E-state index is 0.0606. The molecule has 2 aromatic rings. The first-order valence-electron chi connectivity index (χ1n) is 9.98. The third-order valence-corrected chi connectivity index (χ3v) is 4.17. The van der Waals surface area contributed by atoms with Gasteiger partial charge in [-0.15, -0.1) is 0 Å². The van der Waals surface area contributed by atoms with Crippen LogP contribution in [0.25, 0.3) is 0 Å². The summed E-state index contributed by atoms with van der Waals surface area (Å²) >= 11 is 0. The summed E-state index contributed by atoms with van der Waals surface area (Å²) in [5.41, 5.74) is 1.41. The van der Waals surface area contributed by atoms with Gasteiger partial charge in [0.2, 0.25) is 0 Å². The van der Waals surface area contributed by atoms with Crippen molar-refractivity contribution in [3.05, 3.63) is 58.1 Å². The summed E-state index contributed by atoms with van der Waals surface area (Å²) in [6.07, 6.45) is 0. The highest BCUT2D eigenvalue weighted by atomic mass is 16.6. The highest BCUT2D eigenvalue weighted by Crippen LogP contribution is 2.31. The van der Waals surface area contributed by atoms with E-state index >= 15 is 0 Å². The number of hydrogen-bond donors (Lipinski definition) is 3. The normalized spacial score (nSPS) is 11.0. The number of anilines is 1. The monoisotopic (exact) mass is 430 g/mol. The summed E-state index contributed by atoms with van der Waals surface area (Å²) in [5.74, 6) is 0.890. The minimum Gasteiger partial charge on any atom is -0.493 e. The number of carbonyl (C=O) groups excluding carboxylic acids is 1. The fourth-order valence-corrected chi connectivity index (χ4v) is 2.84. The average molecular weight is 431 g/mol. The molecule has 3 N–H and O–H groups in total. The lowest BCUT2D eigenvalue weighted by molar-refractivity contribution is -0.384. The van der Waals surface area contributed by atoms with Gasteiger partial charge in [0.1, 0.15) is 0 Å². The van der Waals surface area contributed by atoms with Crippen molar-refractivity contribution in [2.45, 2.75) is 32.9 Å². The highest BCUT2D eigenvalue weighted by Gasteiger charge is 2.16. The highest BCUT2D eigenvalue weighted by molar-refractivity contribution is 5.78. The number of methoxy groups -OCH3 is 1. The van der Waals surface area contributed by atoms with Crippen molar-refractivity contribution in [1.29, 1.82) is 0 Å². The Morgan fingerprint density at radius 3 is 2.42 bits per heavy atom. The van der Waals surface area contributed by atoms with E-state index in [9.17, 15) is 14.9 Å². The number of hydrogen-bond acceptors (Lipinski definition) is 7. The van der Waals surface area contributed by atoms with E-state index in [0.29, 0.717) is 31.1 Å². The van der Waals surface area contributed by atoms with Gasteiger partial charge in [0.25, 0.3) is 11.6 Å². The molecular weight excluding hydrogens is 400 g/mol. The van der Waals surface area contributed by atoms with Gasteiger partial charge < -0.3 is 25.4 Å². The van der Waals surface area contributed by atoms with Gasteiger partial charge >= 0.3 is 0 Å². The zero-order chi connectivity index (χ0) is 22.9. The number of carbonyl (C=O) groups is 1. The smallest absolute Gasteiger partial charge is 0.269 e. The van der Waals surface area contributed by atoms with E-state index in [0.717, 1.165) is 11.3 Å². The van der Waals surface area contributed by atoms with Crippen molar-refractivity contribution >= 4 is 17.3 Å². The largest absolute Gasteiger partial charge is 0.493 e. The van der Waals surface area contributed by atoms with Gasteiger partial charge in [0.15, 0.2) is 18.1 Å². The molecule has 0 spiro atoms. The van der Waals surface area contributed by atoms with Gasteiger partial charge in [-0.3, -0.25) is 14.9 Å². The van der Waals surface area contributed by atoms with Crippen LogP contribution in [0.4, 0.5) is 11.4 Å². The Balaban J connectivity index is 1.86. The molecule has 0 atom stereocenters. The SMILES string of the molecule is COc1cccc(CNCCNc2ccc([N+](=O)[O-])cc2)c1OCC(=O)NC(C)(C)C. The number of rotatable bonds is 11. The zero-order valence-electron chi connectivity index (χ0n) is 18.4. The zero-order valence-corrected chi connectivity index (χ0v) is 18.4. The fraction of sp³-hybridized carbons (Fsp3) is 0.409. The summed E-state index contributed by atoms with van der Waals surface area (Å²) in [6.45, 7) is 7.43. The number of nitrogens with zero attached hydrogens (tertiary/aromatic N) is 1. The standard InChI is InChI=1S/C22H30N4O5/c1-22(2,3)25-20(27)15-31-21-16(6-5-7-19(21)30-4)14-23-12-13-24-17-8-10-18(11-9-17)26(28)29/h5-11,23-24H,12-15H2,1-4H3,(H,25,27). The number of para-hydroxylation sites is 1. The molecule has 0 aliphatic carbocycles. The van der Waals surface area contributed by atoms with Crippen molar-refractivity contribution in [2.24, 2.45) is 0 Å². The lowest BCUT2D eigenvalue weighted by Gasteiger charge is -2.21. The number of nitro benzene ring substituents is 1. The molecule has 0 aromatic heterocycles. The maximum absolute atomic E-state index is 12.1. The van der Waals surface area contributed by atoms with Gasteiger partial charge in [0.05, 0.1) is 12.0 Å². The van der Waals surface area contributed by atoms with Gasteiger partial charge in [-0.05, 0) is 39.0 Å². The van der Waals surface area contributed by atoms with Crippen LogP contribution in [-0.4, -0.2) is 43.2 Å². The molecule has 0 radical (unpaired) electrons. The van der Waals surface area contributed by atoms with Crippen LogP contribution in [0.5, 0.6) is 11.5 Å².